The van der Waals surface area contributed by atoms with E-state index in [9.17, 15) is 0 Å². The van der Waals surface area contributed by atoms with Crippen LogP contribution in [0.1, 0.15) is 32.8 Å². The summed E-state index contributed by atoms with van der Waals surface area (Å²) in [7, 11) is 2.03. The van der Waals surface area contributed by atoms with Gasteiger partial charge < -0.3 is 10.6 Å². The van der Waals surface area contributed by atoms with Crippen molar-refractivity contribution in [3.8, 4) is 0 Å². The fourth-order valence-electron chi connectivity index (χ4n) is 1.67. The molecule has 1 atom stereocenters. The Bertz CT molecular complexity index is 307. The van der Waals surface area contributed by atoms with Crippen LogP contribution < -0.4 is 10.6 Å². The molecule has 0 saturated heterocycles. The average Bonchev–Trinajstić information content (AvgIpc) is 2.27. The van der Waals surface area contributed by atoms with Gasteiger partial charge in [0.1, 0.15) is 0 Å². The monoisotopic (exact) mass is 222 g/mol. The second kappa shape index (κ2) is 5.80. The van der Waals surface area contributed by atoms with Gasteiger partial charge in [-0.25, -0.2) is 9.97 Å². The first-order valence-corrected chi connectivity index (χ1v) is 5.78. The third kappa shape index (κ3) is 3.45. The summed E-state index contributed by atoms with van der Waals surface area (Å²) in [6.45, 7) is 7.14. The van der Waals surface area contributed by atoms with Gasteiger partial charge in [0.2, 0.25) is 5.95 Å². The summed E-state index contributed by atoms with van der Waals surface area (Å²) in [5.74, 6) is 1.45. The zero-order chi connectivity index (χ0) is 12.1. The van der Waals surface area contributed by atoms with Gasteiger partial charge in [-0.1, -0.05) is 13.8 Å². The molecule has 1 unspecified atom stereocenters. The van der Waals surface area contributed by atoms with E-state index in [0.29, 0.717) is 18.5 Å². The van der Waals surface area contributed by atoms with E-state index in [-0.39, 0.29) is 0 Å². The van der Waals surface area contributed by atoms with Crippen LogP contribution in [0.2, 0.25) is 0 Å². The molecule has 1 aromatic rings. The van der Waals surface area contributed by atoms with Crippen molar-refractivity contribution in [3.05, 3.63) is 18.0 Å². The third-order valence-electron chi connectivity index (χ3n) is 2.72. The minimum Gasteiger partial charge on any atom is -0.341 e. The van der Waals surface area contributed by atoms with Crippen LogP contribution in [0.3, 0.4) is 0 Å². The van der Waals surface area contributed by atoms with Gasteiger partial charge in [-0.15, -0.1) is 0 Å². The Morgan fingerprint density at radius 2 is 1.81 bits per heavy atom. The van der Waals surface area contributed by atoms with Crippen LogP contribution in [0.25, 0.3) is 0 Å². The van der Waals surface area contributed by atoms with Crippen molar-refractivity contribution < 1.29 is 0 Å². The number of nitrogens with two attached hydrogens (primary N) is 1. The molecule has 90 valence electrons. The molecule has 1 heterocycles. The number of hydrogen-bond acceptors (Lipinski definition) is 4. The fraction of sp³-hybridized carbons (Fsp3) is 0.667. The predicted octanol–water partition coefficient (Wildman–Crippen LogP) is 1.81. The van der Waals surface area contributed by atoms with Crippen molar-refractivity contribution >= 4 is 5.95 Å². The first kappa shape index (κ1) is 12.9. The lowest BCUT2D eigenvalue weighted by molar-refractivity contribution is 0.499. The molecule has 0 aliphatic carbocycles. The summed E-state index contributed by atoms with van der Waals surface area (Å²) < 4.78 is 0. The van der Waals surface area contributed by atoms with Gasteiger partial charge in [-0.3, -0.25) is 0 Å². The molecule has 0 bridgehead atoms. The summed E-state index contributed by atoms with van der Waals surface area (Å²) in [6.07, 6.45) is 4.72. The molecule has 0 aliphatic rings. The van der Waals surface area contributed by atoms with Gasteiger partial charge in [0.05, 0.1) is 0 Å². The topological polar surface area (TPSA) is 55.0 Å². The Morgan fingerprint density at radius 1 is 1.25 bits per heavy atom. The van der Waals surface area contributed by atoms with Crippen LogP contribution in [-0.4, -0.2) is 23.1 Å². The number of anilines is 1. The summed E-state index contributed by atoms with van der Waals surface area (Å²) >= 11 is 0. The summed E-state index contributed by atoms with van der Waals surface area (Å²) in [5, 5.41) is 0. The molecule has 0 radical (unpaired) electrons. The van der Waals surface area contributed by atoms with E-state index in [1.54, 1.807) is 12.4 Å². The van der Waals surface area contributed by atoms with Crippen LogP contribution >= 0.6 is 0 Å². The molecular formula is C12H22N4. The highest BCUT2D eigenvalue weighted by molar-refractivity contribution is 5.29. The minimum absolute atomic E-state index is 0.448. The van der Waals surface area contributed by atoms with Crippen molar-refractivity contribution in [1.29, 1.82) is 0 Å². The van der Waals surface area contributed by atoms with Gasteiger partial charge in [0, 0.05) is 37.6 Å². The van der Waals surface area contributed by atoms with Crippen molar-refractivity contribution in [2.75, 3.05) is 11.9 Å². The maximum absolute atomic E-state index is 5.51. The first-order chi connectivity index (χ1) is 7.54. The fourth-order valence-corrected chi connectivity index (χ4v) is 1.67. The summed E-state index contributed by atoms with van der Waals surface area (Å²) in [6, 6.07) is 0.448. The standard InChI is InChI=1S/C12H22N4/c1-9(2)5-10(3)16(4)12-14-7-11(6-13)8-15-12/h7-10H,5-6,13H2,1-4H3. The van der Waals surface area contributed by atoms with E-state index >= 15 is 0 Å². The van der Waals surface area contributed by atoms with Crippen molar-refractivity contribution in [1.82, 2.24) is 9.97 Å². The molecule has 0 amide bonds. The van der Waals surface area contributed by atoms with Crippen LogP contribution in [0, 0.1) is 5.92 Å². The van der Waals surface area contributed by atoms with Crippen molar-refractivity contribution in [2.24, 2.45) is 11.7 Å². The molecule has 4 nitrogen and oxygen atoms in total. The van der Waals surface area contributed by atoms with Crippen LogP contribution in [0.15, 0.2) is 12.4 Å². The number of aromatic nitrogens is 2. The average molecular weight is 222 g/mol. The van der Waals surface area contributed by atoms with E-state index in [4.69, 9.17) is 5.73 Å². The largest absolute Gasteiger partial charge is 0.341 e. The number of nitrogens with zero attached hydrogens (tertiary/aromatic N) is 3. The molecule has 0 aromatic carbocycles. The van der Waals surface area contributed by atoms with Gasteiger partial charge in [0.25, 0.3) is 0 Å². The van der Waals surface area contributed by atoms with E-state index in [1.165, 1.54) is 0 Å². The number of rotatable bonds is 5. The lowest BCUT2D eigenvalue weighted by Crippen LogP contribution is -2.31. The molecular weight excluding hydrogens is 200 g/mol. The maximum Gasteiger partial charge on any atom is 0.225 e. The molecule has 2 N–H and O–H groups in total. The van der Waals surface area contributed by atoms with Crippen LogP contribution in [0.5, 0.6) is 0 Å². The Balaban J connectivity index is 2.67. The second-order valence-electron chi connectivity index (χ2n) is 4.68. The quantitative estimate of drug-likeness (QED) is 0.825. The Kier molecular flexibility index (Phi) is 4.68. The highest BCUT2D eigenvalue weighted by Gasteiger charge is 2.13. The normalized spacial score (nSPS) is 12.9. The van der Waals surface area contributed by atoms with Gasteiger partial charge in [-0.2, -0.15) is 0 Å². The molecule has 1 rings (SSSR count). The Labute approximate surface area is 97.9 Å². The van der Waals surface area contributed by atoms with E-state index in [1.807, 2.05) is 7.05 Å². The highest BCUT2D eigenvalue weighted by Crippen LogP contribution is 2.14. The molecule has 0 spiro atoms. The van der Waals surface area contributed by atoms with E-state index in [0.717, 1.165) is 17.9 Å². The molecule has 4 heteroatoms. The van der Waals surface area contributed by atoms with Gasteiger partial charge >= 0.3 is 0 Å². The van der Waals surface area contributed by atoms with Crippen LogP contribution in [-0.2, 0) is 6.54 Å². The van der Waals surface area contributed by atoms with Gasteiger partial charge in [0.15, 0.2) is 0 Å². The smallest absolute Gasteiger partial charge is 0.225 e. The summed E-state index contributed by atoms with van der Waals surface area (Å²) in [5.41, 5.74) is 6.47. The van der Waals surface area contributed by atoms with Crippen LogP contribution in [0.4, 0.5) is 5.95 Å². The highest BCUT2D eigenvalue weighted by atomic mass is 15.2. The lowest BCUT2D eigenvalue weighted by atomic mass is 10.0. The summed E-state index contributed by atoms with van der Waals surface area (Å²) in [4.78, 5) is 10.7. The van der Waals surface area contributed by atoms with Crippen molar-refractivity contribution in [2.45, 2.75) is 39.8 Å². The molecule has 1 aromatic heterocycles. The van der Waals surface area contributed by atoms with Gasteiger partial charge in [-0.05, 0) is 19.3 Å². The third-order valence-corrected chi connectivity index (χ3v) is 2.72. The van der Waals surface area contributed by atoms with Crippen molar-refractivity contribution in [3.63, 3.8) is 0 Å². The molecule has 0 saturated carbocycles. The second-order valence-corrected chi connectivity index (χ2v) is 4.68. The molecule has 0 aliphatic heterocycles. The SMILES string of the molecule is CC(C)CC(C)N(C)c1ncc(CN)cn1. The number of hydrogen-bond donors (Lipinski definition) is 1. The van der Waals surface area contributed by atoms with E-state index in [2.05, 4.69) is 35.6 Å². The zero-order valence-electron chi connectivity index (χ0n) is 10.6. The maximum atomic E-state index is 5.51. The minimum atomic E-state index is 0.448. The van der Waals surface area contributed by atoms with E-state index < -0.39 is 0 Å². The Hall–Kier alpha value is -1.16. The molecule has 0 fully saturated rings. The Morgan fingerprint density at radius 3 is 2.25 bits per heavy atom. The zero-order valence-corrected chi connectivity index (χ0v) is 10.6. The lowest BCUT2D eigenvalue weighted by Gasteiger charge is -2.26. The molecule has 16 heavy (non-hydrogen) atoms. The predicted molar refractivity (Wildman–Crippen MR) is 67.2 cm³/mol. The first-order valence-electron chi connectivity index (χ1n) is 5.78.